The Morgan fingerprint density at radius 2 is 1.91 bits per heavy atom. The van der Waals surface area contributed by atoms with Crippen molar-refractivity contribution in [2.75, 3.05) is 14.2 Å². The van der Waals surface area contributed by atoms with Crippen LogP contribution in [0.15, 0.2) is 30.5 Å². The summed E-state index contributed by atoms with van der Waals surface area (Å²) in [6, 6.07) is 6.28. The summed E-state index contributed by atoms with van der Waals surface area (Å²) in [7, 11) is 4.60. The highest BCUT2D eigenvalue weighted by atomic mass is 16.5. The molecule has 1 aromatic carbocycles. The average Bonchev–Trinajstić information content (AvgIpc) is 2.93. The number of primary amides is 1. The van der Waals surface area contributed by atoms with Gasteiger partial charge in [-0.1, -0.05) is 0 Å². The van der Waals surface area contributed by atoms with E-state index in [0.717, 1.165) is 0 Å². The lowest BCUT2D eigenvalue weighted by Gasteiger charge is -2.06. The fourth-order valence-corrected chi connectivity index (χ4v) is 1.59. The van der Waals surface area contributed by atoms with Crippen LogP contribution in [0.25, 0.3) is 0 Å². The van der Waals surface area contributed by atoms with Gasteiger partial charge in [0.15, 0.2) is 0 Å². The van der Waals surface area contributed by atoms with Crippen molar-refractivity contribution >= 4 is 11.9 Å². The van der Waals surface area contributed by atoms with Gasteiger partial charge in [-0.2, -0.15) is 5.10 Å². The first-order chi connectivity index (χ1) is 10.4. The second-order valence-corrected chi connectivity index (χ2v) is 4.08. The standard InChI is InChI=1S/C9H11NO3.C5H6N2O2/c1-12-6-3-4-7(9(10)11)8(5-6)13-2;1-7-4(5(8)9)2-3-6-7/h3-5H,1-2H3,(H2,10,11);2-3H,1H3,(H,8,9). The normalized spacial score (nSPS) is 9.41. The summed E-state index contributed by atoms with van der Waals surface area (Å²) in [5, 5.41) is 12.1. The predicted molar refractivity (Wildman–Crippen MR) is 78.2 cm³/mol. The number of carboxylic acid groups (broad SMARTS) is 1. The molecule has 0 unspecified atom stereocenters. The third-order valence-corrected chi connectivity index (χ3v) is 2.71. The van der Waals surface area contributed by atoms with Crippen LogP contribution >= 0.6 is 0 Å². The molecule has 0 saturated heterocycles. The van der Waals surface area contributed by atoms with Crippen LogP contribution in [0, 0.1) is 0 Å². The van der Waals surface area contributed by atoms with Gasteiger partial charge in [-0.3, -0.25) is 9.48 Å². The van der Waals surface area contributed by atoms with Crippen LogP contribution in [0.2, 0.25) is 0 Å². The molecule has 0 spiro atoms. The molecule has 0 aliphatic carbocycles. The Morgan fingerprint density at radius 3 is 2.27 bits per heavy atom. The van der Waals surface area contributed by atoms with Gasteiger partial charge in [-0.25, -0.2) is 4.79 Å². The molecule has 1 heterocycles. The fraction of sp³-hybridized carbons (Fsp3) is 0.214. The number of aromatic carboxylic acids is 1. The molecule has 3 N–H and O–H groups in total. The molecular weight excluding hydrogens is 290 g/mol. The van der Waals surface area contributed by atoms with E-state index in [9.17, 15) is 9.59 Å². The number of carbonyl (C=O) groups excluding carboxylic acids is 1. The number of ether oxygens (including phenoxy) is 2. The maximum absolute atomic E-state index is 10.9. The van der Waals surface area contributed by atoms with Gasteiger partial charge in [0, 0.05) is 19.3 Å². The van der Waals surface area contributed by atoms with Crippen LogP contribution in [0.5, 0.6) is 11.5 Å². The van der Waals surface area contributed by atoms with E-state index in [1.165, 1.54) is 24.1 Å². The van der Waals surface area contributed by atoms with E-state index in [2.05, 4.69) is 5.10 Å². The number of aromatic nitrogens is 2. The Bertz CT molecular complexity index is 666. The van der Waals surface area contributed by atoms with Crippen molar-refractivity contribution in [3.8, 4) is 11.5 Å². The van der Waals surface area contributed by atoms with Gasteiger partial charge >= 0.3 is 5.97 Å². The maximum Gasteiger partial charge on any atom is 0.354 e. The molecule has 0 atom stereocenters. The maximum atomic E-state index is 10.9. The van der Waals surface area contributed by atoms with E-state index in [0.29, 0.717) is 17.1 Å². The van der Waals surface area contributed by atoms with Crippen LogP contribution in [0.3, 0.4) is 0 Å². The van der Waals surface area contributed by atoms with Crippen LogP contribution < -0.4 is 15.2 Å². The monoisotopic (exact) mass is 307 g/mol. The number of nitrogens with two attached hydrogens (primary N) is 1. The molecule has 8 nitrogen and oxygen atoms in total. The van der Waals surface area contributed by atoms with E-state index >= 15 is 0 Å². The van der Waals surface area contributed by atoms with Crippen LogP contribution in [-0.4, -0.2) is 41.0 Å². The summed E-state index contributed by atoms with van der Waals surface area (Å²) in [6.07, 6.45) is 1.45. The number of benzene rings is 1. The third-order valence-electron chi connectivity index (χ3n) is 2.71. The molecule has 2 rings (SSSR count). The van der Waals surface area contributed by atoms with Crippen molar-refractivity contribution in [2.24, 2.45) is 12.8 Å². The minimum Gasteiger partial charge on any atom is -0.497 e. The molecule has 22 heavy (non-hydrogen) atoms. The summed E-state index contributed by atoms with van der Waals surface area (Å²) in [5.41, 5.74) is 5.68. The van der Waals surface area contributed by atoms with E-state index in [1.807, 2.05) is 0 Å². The second kappa shape index (κ2) is 7.67. The van der Waals surface area contributed by atoms with Crippen LogP contribution in [0.4, 0.5) is 0 Å². The molecular formula is C14H17N3O5. The van der Waals surface area contributed by atoms with E-state index in [1.54, 1.807) is 32.4 Å². The Balaban J connectivity index is 0.000000235. The number of nitrogens with zero attached hydrogens (tertiary/aromatic N) is 2. The quantitative estimate of drug-likeness (QED) is 0.867. The van der Waals surface area contributed by atoms with Gasteiger partial charge in [0.25, 0.3) is 5.91 Å². The summed E-state index contributed by atoms with van der Waals surface area (Å²) in [5.74, 6) is -0.414. The molecule has 1 aromatic heterocycles. The van der Waals surface area contributed by atoms with Crippen molar-refractivity contribution in [3.05, 3.63) is 41.7 Å². The lowest BCUT2D eigenvalue weighted by molar-refractivity contribution is 0.0684. The minimum absolute atomic E-state index is 0.204. The van der Waals surface area contributed by atoms with E-state index < -0.39 is 11.9 Å². The van der Waals surface area contributed by atoms with Crippen molar-refractivity contribution in [2.45, 2.75) is 0 Å². The Morgan fingerprint density at radius 1 is 1.23 bits per heavy atom. The zero-order chi connectivity index (χ0) is 16.7. The van der Waals surface area contributed by atoms with Gasteiger partial charge in [0.1, 0.15) is 17.2 Å². The lowest BCUT2D eigenvalue weighted by Crippen LogP contribution is -2.12. The first kappa shape index (κ1) is 17.0. The highest BCUT2D eigenvalue weighted by Crippen LogP contribution is 2.23. The largest absolute Gasteiger partial charge is 0.497 e. The van der Waals surface area contributed by atoms with Gasteiger partial charge in [0.2, 0.25) is 0 Å². The van der Waals surface area contributed by atoms with Gasteiger partial charge < -0.3 is 20.3 Å². The number of methoxy groups -OCH3 is 2. The fourth-order valence-electron chi connectivity index (χ4n) is 1.59. The summed E-state index contributed by atoms with van der Waals surface area (Å²) in [4.78, 5) is 21.1. The first-order valence-corrected chi connectivity index (χ1v) is 6.13. The molecule has 118 valence electrons. The topological polar surface area (TPSA) is 117 Å². The zero-order valence-electron chi connectivity index (χ0n) is 12.4. The highest BCUT2D eigenvalue weighted by Gasteiger charge is 2.09. The lowest BCUT2D eigenvalue weighted by atomic mass is 10.2. The number of carboxylic acids is 1. The molecule has 0 fully saturated rings. The molecule has 2 aromatic rings. The number of rotatable bonds is 4. The summed E-state index contributed by atoms with van der Waals surface area (Å²) >= 11 is 0. The van der Waals surface area contributed by atoms with E-state index in [4.69, 9.17) is 20.3 Å². The molecule has 1 amide bonds. The first-order valence-electron chi connectivity index (χ1n) is 6.13. The number of hydrogen-bond donors (Lipinski definition) is 2. The summed E-state index contributed by atoms with van der Waals surface area (Å²) < 4.78 is 11.2. The van der Waals surface area contributed by atoms with Crippen molar-refractivity contribution in [3.63, 3.8) is 0 Å². The Labute approximate surface area is 127 Å². The van der Waals surface area contributed by atoms with Gasteiger partial charge in [-0.15, -0.1) is 0 Å². The Hall–Kier alpha value is -3.03. The SMILES string of the molecule is COc1ccc(C(N)=O)c(OC)c1.Cn1nccc1C(=O)O. The summed E-state index contributed by atoms with van der Waals surface area (Å²) in [6.45, 7) is 0. The molecule has 0 aliphatic heterocycles. The molecule has 0 aliphatic rings. The Kier molecular flexibility index (Phi) is 5.94. The van der Waals surface area contributed by atoms with Gasteiger partial charge in [0.05, 0.1) is 19.8 Å². The molecule has 0 bridgehead atoms. The number of aryl methyl sites for hydroxylation is 1. The van der Waals surface area contributed by atoms with E-state index in [-0.39, 0.29) is 5.69 Å². The molecule has 0 saturated carbocycles. The smallest absolute Gasteiger partial charge is 0.354 e. The number of amides is 1. The third kappa shape index (κ3) is 4.23. The number of hydrogen-bond acceptors (Lipinski definition) is 5. The predicted octanol–water partition coefficient (Wildman–Crippen LogP) is 0.921. The van der Waals surface area contributed by atoms with Gasteiger partial charge in [-0.05, 0) is 18.2 Å². The van der Waals surface area contributed by atoms with Crippen molar-refractivity contribution in [1.82, 2.24) is 9.78 Å². The average molecular weight is 307 g/mol. The highest BCUT2D eigenvalue weighted by molar-refractivity contribution is 5.95. The number of carbonyl (C=O) groups is 2. The van der Waals surface area contributed by atoms with Crippen molar-refractivity contribution < 1.29 is 24.2 Å². The second-order valence-electron chi connectivity index (χ2n) is 4.08. The molecule has 0 radical (unpaired) electrons. The van der Waals surface area contributed by atoms with Crippen LogP contribution in [-0.2, 0) is 7.05 Å². The van der Waals surface area contributed by atoms with Crippen LogP contribution in [0.1, 0.15) is 20.8 Å². The van der Waals surface area contributed by atoms with Crippen molar-refractivity contribution in [1.29, 1.82) is 0 Å². The molecule has 8 heteroatoms. The zero-order valence-corrected chi connectivity index (χ0v) is 12.4. The minimum atomic E-state index is -0.949.